The first-order valence-electron chi connectivity index (χ1n) is 15.2. The molecule has 0 N–H and O–H groups in total. The molecule has 10 rings (SSSR count). The minimum atomic E-state index is 0.610. The number of aromatic nitrogens is 2. The first-order chi connectivity index (χ1) is 22.8. The molecule has 46 heavy (non-hydrogen) atoms. The van der Waals surface area contributed by atoms with Crippen LogP contribution in [-0.4, -0.2) is 9.97 Å². The van der Waals surface area contributed by atoms with Gasteiger partial charge in [-0.05, 0) is 82.9 Å². The summed E-state index contributed by atoms with van der Waals surface area (Å²) in [4.78, 5) is 14.2. The van der Waals surface area contributed by atoms with Crippen molar-refractivity contribution in [2.75, 3.05) is 4.90 Å². The highest BCUT2D eigenvalue weighted by molar-refractivity contribution is 7.99. The number of hydrogen-bond acceptors (Lipinski definition) is 6. The summed E-state index contributed by atoms with van der Waals surface area (Å²) in [5.41, 5.74) is 8.46. The molecule has 0 spiro atoms. The van der Waals surface area contributed by atoms with Crippen molar-refractivity contribution in [3.05, 3.63) is 140 Å². The highest BCUT2D eigenvalue weighted by Crippen LogP contribution is 2.54. The summed E-state index contributed by atoms with van der Waals surface area (Å²) in [6.45, 7) is 0. The van der Waals surface area contributed by atoms with Gasteiger partial charge < -0.3 is 13.7 Å². The number of anilines is 3. The van der Waals surface area contributed by atoms with Crippen LogP contribution in [0.25, 0.3) is 66.7 Å². The number of fused-ring (bicyclic) bond motifs is 7. The van der Waals surface area contributed by atoms with Crippen molar-refractivity contribution in [3.63, 3.8) is 0 Å². The summed E-state index contributed by atoms with van der Waals surface area (Å²) >= 11 is 1.74. The van der Waals surface area contributed by atoms with Crippen LogP contribution in [0.5, 0.6) is 0 Å². The van der Waals surface area contributed by atoms with Crippen LogP contribution in [0.4, 0.5) is 17.1 Å². The SMILES string of the molecule is c1ccc2c(c1)cc(N1c3ccc(-c4nc5ccccc5o4)cc3Sc3cc(-c4nc5ccccc5o4)ccc31)c1ccccc12. The normalized spacial score (nSPS) is 12.7. The molecule has 0 radical (unpaired) electrons. The van der Waals surface area contributed by atoms with Gasteiger partial charge in [-0.1, -0.05) is 84.6 Å². The molecule has 6 heteroatoms. The van der Waals surface area contributed by atoms with Gasteiger partial charge in [0.15, 0.2) is 11.2 Å². The van der Waals surface area contributed by atoms with Crippen LogP contribution >= 0.6 is 11.8 Å². The van der Waals surface area contributed by atoms with Crippen LogP contribution in [0, 0.1) is 0 Å². The summed E-state index contributed by atoms with van der Waals surface area (Å²) in [5, 5.41) is 4.86. The molecule has 2 aromatic heterocycles. The fourth-order valence-corrected chi connectivity index (χ4v) is 7.68. The van der Waals surface area contributed by atoms with Crippen molar-refractivity contribution >= 4 is 72.6 Å². The summed E-state index contributed by atoms with van der Waals surface area (Å²) < 4.78 is 12.4. The van der Waals surface area contributed by atoms with Gasteiger partial charge in [-0.15, -0.1) is 0 Å². The Bertz CT molecular complexity index is 2470. The maximum absolute atomic E-state index is 6.18. The predicted octanol–water partition coefficient (Wildman–Crippen LogP) is 11.5. The van der Waals surface area contributed by atoms with Gasteiger partial charge >= 0.3 is 0 Å². The number of rotatable bonds is 3. The Balaban J connectivity index is 1.20. The van der Waals surface area contributed by atoms with Gasteiger partial charge in [0.2, 0.25) is 11.8 Å². The molecule has 0 bridgehead atoms. The second-order valence-electron chi connectivity index (χ2n) is 11.4. The Morgan fingerprint density at radius 2 is 0.978 bits per heavy atom. The smallest absolute Gasteiger partial charge is 0.227 e. The van der Waals surface area contributed by atoms with Crippen molar-refractivity contribution in [3.8, 4) is 22.9 Å². The molecule has 0 saturated carbocycles. The molecule has 216 valence electrons. The van der Waals surface area contributed by atoms with E-state index >= 15 is 0 Å². The summed E-state index contributed by atoms with van der Waals surface area (Å²) in [5.74, 6) is 1.22. The number of hydrogen-bond donors (Lipinski definition) is 0. The number of oxazole rings is 2. The van der Waals surface area contributed by atoms with Crippen molar-refractivity contribution in [2.24, 2.45) is 0 Å². The van der Waals surface area contributed by atoms with E-state index in [9.17, 15) is 0 Å². The van der Waals surface area contributed by atoms with Crippen molar-refractivity contribution in [2.45, 2.75) is 9.79 Å². The van der Waals surface area contributed by atoms with Gasteiger partial charge in [-0.2, -0.15) is 0 Å². The fraction of sp³-hybridized carbons (Fsp3) is 0. The van der Waals surface area contributed by atoms with Crippen LogP contribution in [0.3, 0.4) is 0 Å². The molecule has 0 unspecified atom stereocenters. The molecular weight excluding hydrogens is 587 g/mol. The van der Waals surface area contributed by atoms with Gasteiger partial charge in [-0.3, -0.25) is 0 Å². The molecule has 1 aliphatic rings. The average molecular weight is 610 g/mol. The topological polar surface area (TPSA) is 55.3 Å². The van der Waals surface area contributed by atoms with Crippen molar-refractivity contribution in [1.82, 2.24) is 9.97 Å². The quantitative estimate of drug-likeness (QED) is 0.186. The van der Waals surface area contributed by atoms with Crippen LogP contribution in [0.1, 0.15) is 0 Å². The second-order valence-corrected chi connectivity index (χ2v) is 12.5. The molecule has 5 nitrogen and oxygen atoms in total. The zero-order chi connectivity index (χ0) is 30.2. The minimum Gasteiger partial charge on any atom is -0.436 e. The fourth-order valence-electron chi connectivity index (χ4n) is 6.55. The van der Waals surface area contributed by atoms with E-state index in [1.54, 1.807) is 11.8 Å². The Morgan fingerprint density at radius 3 is 1.59 bits per heavy atom. The third-order valence-electron chi connectivity index (χ3n) is 8.69. The van der Waals surface area contributed by atoms with E-state index in [0.29, 0.717) is 11.8 Å². The van der Waals surface area contributed by atoms with Crippen LogP contribution in [0.2, 0.25) is 0 Å². The summed E-state index contributed by atoms with van der Waals surface area (Å²) in [6, 6.07) is 48.3. The standard InChI is InChI=1S/C40H23N3O2S/c1-2-10-27-24(9-1)21-34(29-12-4-3-11-28(27)29)43-32-19-17-25(39-41-30-13-5-7-15-35(30)44-39)22-37(32)46-38-23-26(18-20-33(38)43)40-42-31-14-6-8-16-36(31)45-40/h1-23H. The van der Waals surface area contributed by atoms with E-state index in [4.69, 9.17) is 18.8 Å². The van der Waals surface area contributed by atoms with E-state index in [1.165, 1.54) is 21.5 Å². The van der Waals surface area contributed by atoms with Crippen LogP contribution in [-0.2, 0) is 0 Å². The molecule has 0 fully saturated rings. The Kier molecular flexibility index (Phi) is 5.44. The summed E-state index contributed by atoms with van der Waals surface area (Å²) in [6.07, 6.45) is 0. The van der Waals surface area contributed by atoms with Crippen molar-refractivity contribution in [1.29, 1.82) is 0 Å². The van der Waals surface area contributed by atoms with Crippen LogP contribution in [0.15, 0.2) is 158 Å². The Morgan fingerprint density at radius 1 is 0.457 bits per heavy atom. The zero-order valence-corrected chi connectivity index (χ0v) is 25.2. The maximum Gasteiger partial charge on any atom is 0.227 e. The lowest BCUT2D eigenvalue weighted by Gasteiger charge is -2.34. The highest BCUT2D eigenvalue weighted by Gasteiger charge is 2.28. The lowest BCUT2D eigenvalue weighted by Crippen LogP contribution is -2.15. The predicted molar refractivity (Wildman–Crippen MR) is 186 cm³/mol. The molecule has 0 atom stereocenters. The molecular formula is C40H23N3O2S. The third kappa shape index (κ3) is 3.90. The maximum atomic E-state index is 6.18. The van der Waals surface area contributed by atoms with E-state index in [-0.39, 0.29) is 0 Å². The van der Waals surface area contributed by atoms with Crippen LogP contribution < -0.4 is 4.90 Å². The monoisotopic (exact) mass is 609 g/mol. The molecule has 9 aromatic rings. The first kappa shape index (κ1) is 25.5. The second kappa shape index (κ2) is 9.83. The molecule has 7 aromatic carbocycles. The first-order valence-corrected chi connectivity index (χ1v) is 16.0. The van der Waals surface area contributed by atoms with Gasteiger partial charge in [0.1, 0.15) is 11.0 Å². The molecule has 3 heterocycles. The molecule has 0 amide bonds. The van der Waals surface area contributed by atoms with Gasteiger partial charge in [0.25, 0.3) is 0 Å². The van der Waals surface area contributed by atoms with Gasteiger partial charge in [0.05, 0.1) is 17.1 Å². The van der Waals surface area contributed by atoms with E-state index < -0.39 is 0 Å². The van der Waals surface area contributed by atoms with E-state index in [2.05, 4.69) is 95.9 Å². The zero-order valence-electron chi connectivity index (χ0n) is 24.3. The molecule has 0 saturated heterocycles. The average Bonchev–Trinajstić information content (AvgIpc) is 3.75. The third-order valence-corrected chi connectivity index (χ3v) is 9.78. The number of para-hydroxylation sites is 4. The van der Waals surface area contributed by atoms with E-state index in [0.717, 1.165) is 60.2 Å². The molecule has 1 aliphatic heterocycles. The minimum absolute atomic E-state index is 0.610. The lowest BCUT2D eigenvalue weighted by atomic mass is 9.98. The number of benzene rings is 7. The highest BCUT2D eigenvalue weighted by atomic mass is 32.2. The van der Waals surface area contributed by atoms with E-state index in [1.807, 2.05) is 48.5 Å². The number of nitrogens with zero attached hydrogens (tertiary/aromatic N) is 3. The summed E-state index contributed by atoms with van der Waals surface area (Å²) in [7, 11) is 0. The van der Waals surface area contributed by atoms with Gasteiger partial charge in [0, 0.05) is 26.3 Å². The largest absolute Gasteiger partial charge is 0.436 e. The van der Waals surface area contributed by atoms with Crippen molar-refractivity contribution < 1.29 is 8.83 Å². The Hall–Kier alpha value is -5.85. The van der Waals surface area contributed by atoms with Gasteiger partial charge in [-0.25, -0.2) is 9.97 Å². The Labute approximate surface area is 267 Å². The lowest BCUT2D eigenvalue weighted by molar-refractivity contribution is 0.619. The molecule has 0 aliphatic carbocycles.